The molecule has 6 N–H and O–H groups in total. The summed E-state index contributed by atoms with van der Waals surface area (Å²) in [6, 6.07) is 0.150. The van der Waals surface area contributed by atoms with Gasteiger partial charge in [-0.05, 0) is 40.0 Å². The van der Waals surface area contributed by atoms with Gasteiger partial charge in [-0.1, -0.05) is 58.6 Å². The Hall–Kier alpha value is -1.03. The number of aliphatic hydroxyl groups is 4. The van der Waals surface area contributed by atoms with Crippen LogP contribution in [0, 0.1) is 5.92 Å². The van der Waals surface area contributed by atoms with Gasteiger partial charge in [0.15, 0.2) is 6.10 Å². The highest BCUT2D eigenvalue weighted by Crippen LogP contribution is 2.30. The van der Waals surface area contributed by atoms with Crippen molar-refractivity contribution in [3.63, 3.8) is 0 Å². The Kier molecular flexibility index (Phi) is 22.2. The summed E-state index contributed by atoms with van der Waals surface area (Å²) >= 11 is 0. The first-order valence-electron chi connectivity index (χ1n) is 12.5. The Morgan fingerprint density at radius 1 is 1.12 bits per heavy atom. The maximum absolute atomic E-state index is 12.4. The van der Waals surface area contributed by atoms with Crippen LogP contribution in [0.1, 0.15) is 86.5 Å². The summed E-state index contributed by atoms with van der Waals surface area (Å²) in [5, 5.41) is 40.1. The van der Waals surface area contributed by atoms with Gasteiger partial charge in [0.2, 0.25) is 0 Å². The lowest BCUT2D eigenvalue weighted by molar-refractivity contribution is -0.147. The minimum Gasteiger partial charge on any atom is -0.397 e. The number of rotatable bonds is 12. The molecule has 1 aliphatic heterocycles. The average molecular weight is 477 g/mol. The zero-order valence-corrected chi connectivity index (χ0v) is 21.8. The molecule has 0 aliphatic carbocycles. The molecule has 8 nitrogen and oxygen atoms in total. The second-order valence-corrected chi connectivity index (χ2v) is 8.74. The summed E-state index contributed by atoms with van der Waals surface area (Å²) in [7, 11) is 0. The van der Waals surface area contributed by atoms with Crippen LogP contribution in [-0.4, -0.2) is 76.7 Å². The Bertz CT molecular complexity index is 490. The van der Waals surface area contributed by atoms with Crippen LogP contribution in [0.5, 0.6) is 0 Å². The van der Waals surface area contributed by atoms with Crippen molar-refractivity contribution in [1.29, 1.82) is 0 Å². The molecule has 0 aromatic rings. The normalized spacial score (nSPS) is 22.7. The second-order valence-electron chi connectivity index (χ2n) is 8.74. The molecule has 198 valence electrons. The quantitative estimate of drug-likeness (QED) is 0.145. The first kappa shape index (κ1) is 34.1. The summed E-state index contributed by atoms with van der Waals surface area (Å²) < 4.78 is 5.82. The lowest BCUT2D eigenvalue weighted by Gasteiger charge is -2.36. The van der Waals surface area contributed by atoms with E-state index in [2.05, 4.69) is 38.0 Å². The minimum absolute atomic E-state index is 0.0142. The van der Waals surface area contributed by atoms with Gasteiger partial charge in [0.25, 0.3) is 5.91 Å². The molecule has 1 saturated heterocycles. The number of ether oxygens (including phenoxy) is 1. The largest absolute Gasteiger partial charge is 0.397 e. The Morgan fingerprint density at radius 3 is 2.15 bits per heavy atom. The van der Waals surface area contributed by atoms with Gasteiger partial charge in [0.05, 0.1) is 25.0 Å². The number of hydrogen-bond acceptors (Lipinski definition) is 7. The first-order valence-corrected chi connectivity index (χ1v) is 12.5. The van der Waals surface area contributed by atoms with E-state index >= 15 is 0 Å². The first-order chi connectivity index (χ1) is 15.6. The van der Waals surface area contributed by atoms with Crippen LogP contribution < -0.4 is 10.6 Å². The zero-order valence-electron chi connectivity index (χ0n) is 21.8. The SMILES string of the molecule is C=C1CC(C(O)C(=O)NC(CCC)CCCCC)OC(C)C1C.CC(O)CNCO.CCO. The summed E-state index contributed by atoms with van der Waals surface area (Å²) in [4.78, 5) is 12.4. The van der Waals surface area contributed by atoms with Gasteiger partial charge in [0.1, 0.15) is 0 Å². The summed E-state index contributed by atoms with van der Waals surface area (Å²) in [5.41, 5.74) is 1.05. The van der Waals surface area contributed by atoms with Crippen LogP contribution in [0.3, 0.4) is 0 Å². The third-order valence-corrected chi connectivity index (χ3v) is 5.51. The Labute approximate surface area is 201 Å². The van der Waals surface area contributed by atoms with E-state index in [4.69, 9.17) is 20.1 Å². The molecule has 1 aliphatic rings. The zero-order chi connectivity index (χ0) is 25.8. The van der Waals surface area contributed by atoms with Crippen molar-refractivity contribution in [3.8, 4) is 0 Å². The van der Waals surface area contributed by atoms with Crippen molar-refractivity contribution in [2.24, 2.45) is 5.92 Å². The van der Waals surface area contributed by atoms with Crippen LogP contribution in [0.2, 0.25) is 0 Å². The molecule has 0 aromatic carbocycles. The Balaban J connectivity index is 0. The lowest BCUT2D eigenvalue weighted by atomic mass is 9.88. The monoisotopic (exact) mass is 476 g/mol. The van der Waals surface area contributed by atoms with E-state index in [0.717, 1.165) is 31.3 Å². The molecule has 1 fully saturated rings. The van der Waals surface area contributed by atoms with Crippen molar-refractivity contribution in [2.45, 2.75) is 117 Å². The molecular weight excluding hydrogens is 424 g/mol. The molecule has 0 radical (unpaired) electrons. The van der Waals surface area contributed by atoms with Gasteiger partial charge in [-0.2, -0.15) is 0 Å². The molecule has 0 aromatic heterocycles. The fourth-order valence-corrected chi connectivity index (χ4v) is 3.41. The maximum Gasteiger partial charge on any atom is 0.251 e. The van der Waals surface area contributed by atoms with Gasteiger partial charge in [-0.25, -0.2) is 0 Å². The minimum atomic E-state index is -1.12. The maximum atomic E-state index is 12.4. The Morgan fingerprint density at radius 2 is 1.73 bits per heavy atom. The molecule has 6 unspecified atom stereocenters. The molecule has 33 heavy (non-hydrogen) atoms. The van der Waals surface area contributed by atoms with E-state index < -0.39 is 12.2 Å². The smallest absolute Gasteiger partial charge is 0.251 e. The number of aliphatic hydroxyl groups excluding tert-OH is 4. The molecule has 1 heterocycles. The average Bonchev–Trinajstić information content (AvgIpc) is 2.76. The lowest BCUT2D eigenvalue weighted by Crippen LogP contribution is -2.50. The standard InChI is InChI=1S/C19H35NO3.C4H11NO2.C2H6O/c1-6-8-9-11-16(10-7-2)20-19(22)18(21)17-12-13(3)14(4)15(5)23-17;1-4(7)2-5-3-6;1-2-3/h14-18,21H,3,6-12H2,1-2,4-5H3,(H,20,22);4-7H,2-3H2,1H3;3H,2H2,1H3. The summed E-state index contributed by atoms with van der Waals surface area (Å²) in [5.74, 6) is -0.0390. The molecule has 6 atom stereocenters. The van der Waals surface area contributed by atoms with Gasteiger partial charge >= 0.3 is 0 Å². The predicted molar refractivity (Wildman–Crippen MR) is 134 cm³/mol. The number of carbonyl (C=O) groups is 1. The van der Waals surface area contributed by atoms with Crippen LogP contribution in [-0.2, 0) is 9.53 Å². The molecule has 0 spiro atoms. The third kappa shape index (κ3) is 17.1. The molecule has 0 saturated carbocycles. The van der Waals surface area contributed by atoms with Crippen LogP contribution in [0.25, 0.3) is 0 Å². The van der Waals surface area contributed by atoms with Crippen molar-refractivity contribution in [2.75, 3.05) is 19.9 Å². The fourth-order valence-electron chi connectivity index (χ4n) is 3.41. The number of amides is 1. The highest BCUT2D eigenvalue weighted by molar-refractivity contribution is 5.81. The van der Waals surface area contributed by atoms with Gasteiger partial charge < -0.3 is 30.5 Å². The van der Waals surface area contributed by atoms with Gasteiger partial charge in [-0.3, -0.25) is 10.1 Å². The molecular formula is C25H52N2O6. The van der Waals surface area contributed by atoms with E-state index in [-0.39, 0.29) is 43.4 Å². The van der Waals surface area contributed by atoms with E-state index in [9.17, 15) is 9.90 Å². The van der Waals surface area contributed by atoms with E-state index in [1.807, 2.05) is 6.92 Å². The fraction of sp³-hybridized carbons (Fsp3) is 0.880. The number of nitrogens with one attached hydrogen (secondary N) is 2. The van der Waals surface area contributed by atoms with E-state index in [1.54, 1.807) is 13.8 Å². The van der Waals surface area contributed by atoms with Crippen molar-refractivity contribution < 1.29 is 30.0 Å². The molecule has 1 amide bonds. The van der Waals surface area contributed by atoms with Crippen LogP contribution in [0.15, 0.2) is 12.2 Å². The number of hydrogen-bond donors (Lipinski definition) is 6. The van der Waals surface area contributed by atoms with E-state index in [0.29, 0.717) is 13.0 Å². The van der Waals surface area contributed by atoms with Crippen molar-refractivity contribution >= 4 is 5.91 Å². The van der Waals surface area contributed by atoms with Crippen LogP contribution in [0.4, 0.5) is 0 Å². The van der Waals surface area contributed by atoms with Crippen LogP contribution >= 0.6 is 0 Å². The molecule has 8 heteroatoms. The topological polar surface area (TPSA) is 131 Å². The highest BCUT2D eigenvalue weighted by atomic mass is 16.5. The summed E-state index contributed by atoms with van der Waals surface area (Å²) in [6.07, 6.45) is 4.99. The second kappa shape index (κ2) is 21.5. The number of unbranched alkanes of at least 4 members (excludes halogenated alkanes) is 2. The predicted octanol–water partition coefficient (Wildman–Crippen LogP) is 2.49. The molecule has 1 rings (SSSR count). The van der Waals surface area contributed by atoms with Crippen molar-refractivity contribution in [1.82, 2.24) is 10.6 Å². The third-order valence-electron chi connectivity index (χ3n) is 5.51. The van der Waals surface area contributed by atoms with E-state index in [1.165, 1.54) is 12.8 Å². The highest BCUT2D eigenvalue weighted by Gasteiger charge is 2.35. The van der Waals surface area contributed by atoms with Gasteiger partial charge in [0, 0.05) is 25.1 Å². The summed E-state index contributed by atoms with van der Waals surface area (Å²) in [6.45, 7) is 16.4. The van der Waals surface area contributed by atoms with Gasteiger partial charge in [-0.15, -0.1) is 0 Å². The number of carbonyl (C=O) groups excluding carboxylic acids is 1. The molecule has 0 bridgehead atoms. The van der Waals surface area contributed by atoms with Crippen molar-refractivity contribution in [3.05, 3.63) is 12.2 Å².